The summed E-state index contributed by atoms with van der Waals surface area (Å²) < 4.78 is 9.19. The van der Waals surface area contributed by atoms with E-state index in [2.05, 4.69) is 10.9 Å². The van der Waals surface area contributed by atoms with Gasteiger partial charge in [0.2, 0.25) is 0 Å². The SMILES string of the molecule is C#CCn1c(C)c(C=c2sc3n(c2=O)C(c2ccc(C)c([N+](=O)[O-])c2)C(C(=O)OCC)=C(C)N=3)c2ccccc21. The number of hydrogen-bond acceptors (Lipinski definition) is 7. The number of aromatic nitrogens is 2. The third-order valence-electron chi connectivity index (χ3n) is 7.07. The monoisotopic (exact) mass is 554 g/mol. The van der Waals surface area contributed by atoms with Crippen LogP contribution in [0.5, 0.6) is 0 Å². The van der Waals surface area contributed by atoms with Crippen LogP contribution in [0.4, 0.5) is 5.69 Å². The van der Waals surface area contributed by atoms with Crippen LogP contribution in [0.2, 0.25) is 0 Å². The van der Waals surface area contributed by atoms with E-state index < -0.39 is 16.9 Å². The van der Waals surface area contributed by atoms with Crippen LogP contribution in [-0.4, -0.2) is 26.6 Å². The lowest BCUT2D eigenvalue weighted by atomic mass is 9.94. The Labute approximate surface area is 233 Å². The molecule has 0 amide bonds. The molecule has 40 heavy (non-hydrogen) atoms. The third kappa shape index (κ3) is 4.34. The lowest BCUT2D eigenvalue weighted by molar-refractivity contribution is -0.385. The fourth-order valence-electron chi connectivity index (χ4n) is 5.17. The minimum absolute atomic E-state index is 0.102. The summed E-state index contributed by atoms with van der Waals surface area (Å²) in [6.45, 7) is 7.47. The topological polar surface area (TPSA) is 109 Å². The summed E-state index contributed by atoms with van der Waals surface area (Å²) in [4.78, 5) is 43.4. The molecule has 3 heterocycles. The molecule has 2 aromatic carbocycles. The molecule has 0 radical (unpaired) electrons. The quantitative estimate of drug-likeness (QED) is 0.155. The van der Waals surface area contributed by atoms with Gasteiger partial charge in [0.1, 0.15) is 0 Å². The van der Waals surface area contributed by atoms with E-state index in [1.165, 1.54) is 22.0 Å². The van der Waals surface area contributed by atoms with Crippen molar-refractivity contribution in [1.29, 1.82) is 0 Å². The molecule has 0 bridgehead atoms. The van der Waals surface area contributed by atoms with Crippen LogP contribution < -0.4 is 14.9 Å². The molecule has 202 valence electrons. The molecule has 2 aromatic heterocycles. The molecule has 1 aliphatic rings. The van der Waals surface area contributed by atoms with Crippen LogP contribution in [-0.2, 0) is 16.1 Å². The Bertz CT molecular complexity index is 1970. The van der Waals surface area contributed by atoms with Crippen LogP contribution in [0, 0.1) is 36.3 Å². The van der Waals surface area contributed by atoms with E-state index in [0.29, 0.717) is 32.7 Å². The van der Waals surface area contributed by atoms with Gasteiger partial charge in [-0.25, -0.2) is 9.79 Å². The normalized spacial score (nSPS) is 15.1. The number of rotatable bonds is 6. The molecule has 5 rings (SSSR count). The molecule has 0 N–H and O–H groups in total. The highest BCUT2D eigenvalue weighted by atomic mass is 32.1. The van der Waals surface area contributed by atoms with Crippen molar-refractivity contribution in [2.24, 2.45) is 4.99 Å². The van der Waals surface area contributed by atoms with Crippen LogP contribution in [0.1, 0.15) is 42.3 Å². The number of benzene rings is 2. The number of nitrogens with zero attached hydrogens (tertiary/aromatic N) is 4. The number of fused-ring (bicyclic) bond motifs is 2. The number of allylic oxidation sites excluding steroid dienone is 1. The van der Waals surface area contributed by atoms with Crippen molar-refractivity contribution in [2.75, 3.05) is 6.61 Å². The number of carbonyl (C=O) groups excluding carboxylic acids is 1. The van der Waals surface area contributed by atoms with Crippen LogP contribution in [0.15, 0.2) is 63.5 Å². The molecule has 1 unspecified atom stereocenters. The maximum Gasteiger partial charge on any atom is 0.338 e. The molecular weight excluding hydrogens is 528 g/mol. The number of nitro benzene ring substituents is 1. The zero-order valence-corrected chi connectivity index (χ0v) is 23.2. The van der Waals surface area contributed by atoms with Gasteiger partial charge in [-0.1, -0.05) is 47.6 Å². The molecule has 0 saturated carbocycles. The first-order valence-electron chi connectivity index (χ1n) is 12.6. The summed E-state index contributed by atoms with van der Waals surface area (Å²) in [5, 5.41) is 12.7. The van der Waals surface area contributed by atoms with Crippen molar-refractivity contribution >= 4 is 40.0 Å². The number of terminal acetylenes is 1. The van der Waals surface area contributed by atoms with E-state index in [1.807, 2.05) is 41.8 Å². The van der Waals surface area contributed by atoms with Crippen molar-refractivity contribution in [1.82, 2.24) is 9.13 Å². The molecule has 0 spiro atoms. The Morgan fingerprint density at radius 3 is 2.70 bits per heavy atom. The van der Waals surface area contributed by atoms with Crippen LogP contribution in [0.25, 0.3) is 17.0 Å². The van der Waals surface area contributed by atoms with Crippen molar-refractivity contribution in [2.45, 2.75) is 40.3 Å². The van der Waals surface area contributed by atoms with Gasteiger partial charge in [0.25, 0.3) is 11.2 Å². The predicted molar refractivity (Wildman–Crippen MR) is 154 cm³/mol. The number of thiazole rings is 1. The highest BCUT2D eigenvalue weighted by molar-refractivity contribution is 7.07. The zero-order chi connectivity index (χ0) is 28.7. The van der Waals surface area contributed by atoms with E-state index in [1.54, 1.807) is 32.9 Å². The molecule has 1 aliphatic heterocycles. The van der Waals surface area contributed by atoms with Gasteiger partial charge in [-0.15, -0.1) is 6.42 Å². The molecular formula is C30H26N4O5S. The molecule has 10 heteroatoms. The number of para-hydroxylation sites is 1. The molecule has 4 aromatic rings. The number of esters is 1. The van der Waals surface area contributed by atoms with Crippen molar-refractivity contribution in [3.63, 3.8) is 0 Å². The predicted octanol–water partition coefficient (Wildman–Crippen LogP) is 3.91. The summed E-state index contributed by atoms with van der Waals surface area (Å²) >= 11 is 1.20. The summed E-state index contributed by atoms with van der Waals surface area (Å²) in [5.74, 6) is 2.06. The van der Waals surface area contributed by atoms with E-state index in [9.17, 15) is 19.7 Å². The average Bonchev–Trinajstić information content (AvgIpc) is 3.37. The molecule has 0 saturated heterocycles. The summed E-state index contributed by atoms with van der Waals surface area (Å²) in [5.41, 5.74) is 3.72. The Hall–Kier alpha value is -4.75. The first-order valence-corrected chi connectivity index (χ1v) is 13.5. The molecule has 1 atom stereocenters. The lowest BCUT2D eigenvalue weighted by Crippen LogP contribution is -2.40. The lowest BCUT2D eigenvalue weighted by Gasteiger charge is -2.24. The number of nitro groups is 1. The fraction of sp³-hybridized carbons (Fsp3) is 0.233. The van der Waals surface area contributed by atoms with Gasteiger partial charge in [-0.3, -0.25) is 19.5 Å². The van der Waals surface area contributed by atoms with Crippen LogP contribution >= 0.6 is 11.3 Å². The van der Waals surface area contributed by atoms with Gasteiger partial charge in [0.15, 0.2) is 4.80 Å². The first-order chi connectivity index (χ1) is 19.2. The number of hydrogen-bond donors (Lipinski definition) is 0. The van der Waals surface area contributed by atoms with E-state index in [0.717, 1.165) is 22.2 Å². The van der Waals surface area contributed by atoms with Gasteiger partial charge in [-0.2, -0.15) is 0 Å². The largest absolute Gasteiger partial charge is 0.463 e. The standard InChI is InChI=1S/C30H26N4O5S/c1-6-14-32-19(5)22(21-10-8-9-11-23(21)32)16-25-28(35)33-27(20-13-12-17(3)24(15-20)34(37)38)26(29(36)39-7-2)18(4)31-30(33)40-25/h1,8-13,15-16,27H,7,14H2,2-5H3. The molecule has 0 aliphatic carbocycles. The zero-order valence-electron chi connectivity index (χ0n) is 22.4. The summed E-state index contributed by atoms with van der Waals surface area (Å²) in [6.07, 6.45) is 7.45. The smallest absolute Gasteiger partial charge is 0.338 e. The van der Waals surface area contributed by atoms with E-state index in [-0.39, 0.29) is 23.4 Å². The van der Waals surface area contributed by atoms with Gasteiger partial charge < -0.3 is 9.30 Å². The summed E-state index contributed by atoms with van der Waals surface area (Å²) in [7, 11) is 0. The maximum atomic E-state index is 14.0. The minimum atomic E-state index is -0.944. The van der Waals surface area contributed by atoms with E-state index >= 15 is 0 Å². The third-order valence-corrected chi connectivity index (χ3v) is 8.05. The molecule has 9 nitrogen and oxygen atoms in total. The van der Waals surface area contributed by atoms with Crippen molar-refractivity contribution in [3.05, 3.63) is 106 Å². The van der Waals surface area contributed by atoms with Gasteiger partial charge >= 0.3 is 5.97 Å². The Balaban J connectivity index is 1.79. The first kappa shape index (κ1) is 26.8. The number of ether oxygens (including phenoxy) is 1. The summed E-state index contributed by atoms with van der Waals surface area (Å²) in [6, 6.07) is 11.6. The van der Waals surface area contributed by atoms with Crippen molar-refractivity contribution in [3.8, 4) is 12.3 Å². The van der Waals surface area contributed by atoms with Crippen LogP contribution in [0.3, 0.4) is 0 Å². The van der Waals surface area contributed by atoms with Gasteiger partial charge in [-0.05, 0) is 45.4 Å². The van der Waals surface area contributed by atoms with Gasteiger partial charge in [0, 0.05) is 33.8 Å². The minimum Gasteiger partial charge on any atom is -0.463 e. The Kier molecular flexibility index (Phi) is 7.00. The van der Waals surface area contributed by atoms with Crippen molar-refractivity contribution < 1.29 is 14.5 Å². The second-order valence-corrected chi connectivity index (χ2v) is 10.4. The molecule has 0 fully saturated rings. The maximum absolute atomic E-state index is 14.0. The second kappa shape index (κ2) is 10.4. The highest BCUT2D eigenvalue weighted by Crippen LogP contribution is 2.33. The fourth-order valence-corrected chi connectivity index (χ4v) is 6.19. The number of aryl methyl sites for hydroxylation is 1. The Morgan fingerprint density at radius 2 is 2.00 bits per heavy atom. The van der Waals surface area contributed by atoms with Gasteiger partial charge in [0.05, 0.1) is 39.9 Å². The van der Waals surface area contributed by atoms with E-state index in [4.69, 9.17) is 11.2 Å². The second-order valence-electron chi connectivity index (χ2n) is 9.41. The highest BCUT2D eigenvalue weighted by Gasteiger charge is 2.34. The Morgan fingerprint density at radius 1 is 1.25 bits per heavy atom. The number of carbonyl (C=O) groups is 1. The average molecular weight is 555 g/mol.